The quantitative estimate of drug-likeness (QED) is 0.0343. The number of hydrogen-bond acceptors (Lipinski definition) is 6. The van der Waals surface area contributed by atoms with Crippen LogP contribution in [0.1, 0.15) is 349 Å². The van der Waals surface area contributed by atoms with Gasteiger partial charge >= 0.3 is 17.9 Å². The molecule has 0 saturated heterocycles. The molecule has 0 aliphatic rings. The van der Waals surface area contributed by atoms with Crippen LogP contribution in [0.3, 0.4) is 0 Å². The average molecular weight is 962 g/mol. The molecule has 3 atom stereocenters. The summed E-state index contributed by atoms with van der Waals surface area (Å²) >= 11 is 0. The molecule has 0 fully saturated rings. The highest BCUT2D eigenvalue weighted by Gasteiger charge is 2.19. The summed E-state index contributed by atoms with van der Waals surface area (Å²) in [4.78, 5) is 38.2. The van der Waals surface area contributed by atoms with Crippen LogP contribution in [-0.2, 0) is 28.6 Å². The van der Waals surface area contributed by atoms with E-state index in [0.29, 0.717) is 19.3 Å². The first-order chi connectivity index (χ1) is 33.3. The minimum absolute atomic E-state index is 0.0625. The normalized spacial score (nSPS) is 12.8. The van der Waals surface area contributed by atoms with Crippen molar-refractivity contribution in [3.63, 3.8) is 0 Å². The summed E-state index contributed by atoms with van der Waals surface area (Å²) < 4.78 is 16.9. The van der Waals surface area contributed by atoms with Gasteiger partial charge in [0, 0.05) is 19.3 Å². The summed E-state index contributed by atoms with van der Waals surface area (Å²) in [5, 5.41) is 0. The SMILES string of the molecule is CCCCCCCCCCCCCCCCCCCCC(=O)OC[C@H](COC(=O)CCCCCCCCCCCCCCCCC(C)CC)OC(=O)CCCCCCCCCCCCC(C)CC. The van der Waals surface area contributed by atoms with Crippen LogP contribution in [0.4, 0.5) is 0 Å². The Morgan fingerprint density at radius 1 is 0.294 bits per heavy atom. The number of hydrogen-bond donors (Lipinski definition) is 0. The molecule has 0 aliphatic carbocycles. The lowest BCUT2D eigenvalue weighted by Crippen LogP contribution is -2.30. The van der Waals surface area contributed by atoms with E-state index in [-0.39, 0.29) is 31.1 Å². The first kappa shape index (κ1) is 66.4. The predicted molar refractivity (Wildman–Crippen MR) is 293 cm³/mol. The van der Waals surface area contributed by atoms with Gasteiger partial charge in [-0.3, -0.25) is 14.4 Å². The van der Waals surface area contributed by atoms with Crippen LogP contribution in [0, 0.1) is 11.8 Å². The highest BCUT2D eigenvalue weighted by atomic mass is 16.6. The zero-order valence-corrected chi connectivity index (χ0v) is 46.7. The van der Waals surface area contributed by atoms with Gasteiger partial charge in [0.1, 0.15) is 13.2 Å². The lowest BCUT2D eigenvalue weighted by molar-refractivity contribution is -0.167. The Balaban J connectivity index is 4.28. The van der Waals surface area contributed by atoms with Crippen molar-refractivity contribution in [3.05, 3.63) is 0 Å². The highest BCUT2D eigenvalue weighted by molar-refractivity contribution is 5.71. The van der Waals surface area contributed by atoms with Crippen LogP contribution in [-0.4, -0.2) is 37.2 Å². The molecule has 2 unspecified atom stereocenters. The molecule has 0 aromatic carbocycles. The van der Waals surface area contributed by atoms with Crippen molar-refractivity contribution in [2.24, 2.45) is 11.8 Å². The lowest BCUT2D eigenvalue weighted by Gasteiger charge is -2.18. The number of rotatable bonds is 56. The van der Waals surface area contributed by atoms with Crippen LogP contribution in [0.25, 0.3) is 0 Å². The fourth-order valence-corrected chi connectivity index (χ4v) is 9.52. The van der Waals surface area contributed by atoms with Crippen LogP contribution >= 0.6 is 0 Å². The zero-order valence-electron chi connectivity index (χ0n) is 46.7. The van der Waals surface area contributed by atoms with E-state index >= 15 is 0 Å². The molecular formula is C62H120O6. The van der Waals surface area contributed by atoms with E-state index in [1.54, 1.807) is 0 Å². The Bertz CT molecular complexity index is 1040. The van der Waals surface area contributed by atoms with Crippen molar-refractivity contribution in [1.29, 1.82) is 0 Å². The second kappa shape index (κ2) is 54.7. The number of unbranched alkanes of at least 4 members (excludes halogenated alkanes) is 39. The maximum Gasteiger partial charge on any atom is 0.306 e. The molecule has 0 spiro atoms. The van der Waals surface area contributed by atoms with Gasteiger partial charge in [-0.05, 0) is 31.1 Å². The van der Waals surface area contributed by atoms with Crippen LogP contribution in [0.2, 0.25) is 0 Å². The molecule has 0 rings (SSSR count). The van der Waals surface area contributed by atoms with Gasteiger partial charge in [-0.1, -0.05) is 311 Å². The summed E-state index contributed by atoms with van der Waals surface area (Å²) in [6.45, 7) is 11.5. The van der Waals surface area contributed by atoms with Crippen molar-refractivity contribution in [2.75, 3.05) is 13.2 Å². The summed E-state index contributed by atoms with van der Waals surface area (Å²) in [6, 6.07) is 0. The van der Waals surface area contributed by atoms with Gasteiger partial charge in [0.15, 0.2) is 6.10 Å². The first-order valence-corrected chi connectivity index (χ1v) is 30.8. The van der Waals surface area contributed by atoms with E-state index in [1.807, 2.05) is 0 Å². The summed E-state index contributed by atoms with van der Waals surface area (Å²) in [5.74, 6) is 0.927. The van der Waals surface area contributed by atoms with E-state index in [4.69, 9.17) is 14.2 Å². The molecule has 0 N–H and O–H groups in total. The van der Waals surface area contributed by atoms with Gasteiger partial charge in [-0.15, -0.1) is 0 Å². The molecule has 0 aromatic rings. The fourth-order valence-electron chi connectivity index (χ4n) is 9.52. The van der Waals surface area contributed by atoms with Crippen molar-refractivity contribution >= 4 is 17.9 Å². The van der Waals surface area contributed by atoms with Gasteiger partial charge in [-0.2, -0.15) is 0 Å². The first-order valence-electron chi connectivity index (χ1n) is 30.8. The van der Waals surface area contributed by atoms with Crippen molar-refractivity contribution in [1.82, 2.24) is 0 Å². The minimum atomic E-state index is -0.764. The number of carbonyl (C=O) groups is 3. The van der Waals surface area contributed by atoms with E-state index in [0.717, 1.165) is 69.6 Å². The Morgan fingerprint density at radius 2 is 0.515 bits per heavy atom. The van der Waals surface area contributed by atoms with Gasteiger partial charge in [-0.25, -0.2) is 0 Å². The molecule has 0 radical (unpaired) electrons. The fraction of sp³-hybridized carbons (Fsp3) is 0.952. The number of ether oxygens (including phenoxy) is 3. The Kier molecular flexibility index (Phi) is 53.5. The molecule has 6 nitrogen and oxygen atoms in total. The molecular weight excluding hydrogens is 841 g/mol. The van der Waals surface area contributed by atoms with E-state index in [2.05, 4.69) is 34.6 Å². The molecule has 0 saturated carbocycles. The third-order valence-corrected chi connectivity index (χ3v) is 14.9. The largest absolute Gasteiger partial charge is 0.462 e. The Morgan fingerprint density at radius 3 is 0.765 bits per heavy atom. The monoisotopic (exact) mass is 961 g/mol. The summed E-state index contributed by atoms with van der Waals surface area (Å²) in [5.41, 5.74) is 0. The highest BCUT2D eigenvalue weighted by Crippen LogP contribution is 2.19. The van der Waals surface area contributed by atoms with E-state index in [1.165, 1.54) is 238 Å². The Labute approximate surface area is 425 Å². The van der Waals surface area contributed by atoms with Crippen molar-refractivity contribution in [2.45, 2.75) is 355 Å². The van der Waals surface area contributed by atoms with Gasteiger partial charge in [0.2, 0.25) is 0 Å². The van der Waals surface area contributed by atoms with Gasteiger partial charge in [0.05, 0.1) is 0 Å². The molecule has 0 aromatic heterocycles. The van der Waals surface area contributed by atoms with Crippen LogP contribution in [0.5, 0.6) is 0 Å². The zero-order chi connectivity index (χ0) is 49.6. The molecule has 68 heavy (non-hydrogen) atoms. The Hall–Kier alpha value is -1.59. The third-order valence-electron chi connectivity index (χ3n) is 14.9. The van der Waals surface area contributed by atoms with E-state index in [9.17, 15) is 14.4 Å². The van der Waals surface area contributed by atoms with Crippen LogP contribution in [0.15, 0.2) is 0 Å². The summed E-state index contributed by atoms with van der Waals surface area (Å²) in [7, 11) is 0. The van der Waals surface area contributed by atoms with Crippen molar-refractivity contribution in [3.8, 4) is 0 Å². The minimum Gasteiger partial charge on any atom is -0.462 e. The second-order valence-electron chi connectivity index (χ2n) is 21.8. The lowest BCUT2D eigenvalue weighted by atomic mass is 9.99. The van der Waals surface area contributed by atoms with Gasteiger partial charge < -0.3 is 14.2 Å². The second-order valence-corrected chi connectivity index (χ2v) is 21.8. The standard InChI is InChI=1S/C62H120O6/c1-6-9-10-11-12-13-14-15-16-17-18-19-23-26-32-37-42-47-52-60(63)66-55-59(68-62(65)54-49-44-39-34-29-28-31-36-41-46-51-58(5)8-3)56-67-61(64)53-48-43-38-33-27-24-21-20-22-25-30-35-40-45-50-57(4)7-2/h57-59H,6-56H2,1-5H3/t57?,58?,59-/m1/s1. The smallest absolute Gasteiger partial charge is 0.306 e. The maximum atomic E-state index is 12.9. The topological polar surface area (TPSA) is 78.9 Å². The van der Waals surface area contributed by atoms with Gasteiger partial charge in [0.25, 0.3) is 0 Å². The average Bonchev–Trinajstić information content (AvgIpc) is 3.34. The molecule has 0 amide bonds. The molecule has 404 valence electrons. The molecule has 0 heterocycles. The van der Waals surface area contributed by atoms with Crippen LogP contribution < -0.4 is 0 Å². The van der Waals surface area contributed by atoms with E-state index < -0.39 is 6.10 Å². The maximum absolute atomic E-state index is 12.9. The molecule has 0 aliphatic heterocycles. The molecule has 0 bridgehead atoms. The third kappa shape index (κ3) is 52.2. The summed E-state index contributed by atoms with van der Waals surface area (Å²) in [6.07, 6.45) is 59.4. The number of carbonyl (C=O) groups excluding carboxylic acids is 3. The molecule has 6 heteroatoms. The number of esters is 3. The van der Waals surface area contributed by atoms with Crippen molar-refractivity contribution < 1.29 is 28.6 Å². The predicted octanol–water partition coefficient (Wildman–Crippen LogP) is 20.4.